The van der Waals surface area contributed by atoms with Gasteiger partial charge in [-0.05, 0) is 55.3 Å². The summed E-state index contributed by atoms with van der Waals surface area (Å²) in [5.74, 6) is -0.614. The molecule has 0 spiro atoms. The quantitative estimate of drug-likeness (QED) is 0.304. The van der Waals surface area contributed by atoms with Gasteiger partial charge in [0.25, 0.3) is 0 Å². The number of benzene rings is 2. The Morgan fingerprint density at radius 3 is 2.36 bits per heavy atom. The number of hydrogen-bond acceptors (Lipinski definition) is 6. The summed E-state index contributed by atoms with van der Waals surface area (Å²) in [5.41, 5.74) is 2.14. The van der Waals surface area contributed by atoms with Crippen molar-refractivity contribution in [3.8, 4) is 16.3 Å². The standard InChI is InChI=1S/C23H21F3N2O4S/c1-3-19(15-6-10-18(11-7-15)31-13-21(29)30)28-32-12-20-14(2)27-22(33-20)16-4-8-17(9-5-16)23(24,25)26/h4-11H,3,12-13H2,1-2H3,(H,29,30)/b28-19+. The second kappa shape index (κ2) is 10.5. The number of alkyl halides is 3. The van der Waals surface area contributed by atoms with Crippen LogP contribution in [0.3, 0.4) is 0 Å². The van der Waals surface area contributed by atoms with Crippen molar-refractivity contribution in [2.45, 2.75) is 33.1 Å². The minimum Gasteiger partial charge on any atom is -0.482 e. The Morgan fingerprint density at radius 2 is 1.79 bits per heavy atom. The molecule has 10 heteroatoms. The first-order valence-corrected chi connectivity index (χ1v) is 10.8. The van der Waals surface area contributed by atoms with Crippen LogP contribution in [-0.2, 0) is 22.4 Å². The van der Waals surface area contributed by atoms with Gasteiger partial charge in [-0.1, -0.05) is 24.2 Å². The van der Waals surface area contributed by atoms with E-state index in [4.69, 9.17) is 14.7 Å². The molecule has 33 heavy (non-hydrogen) atoms. The lowest BCUT2D eigenvalue weighted by Crippen LogP contribution is -2.09. The van der Waals surface area contributed by atoms with Gasteiger partial charge in [0.1, 0.15) is 10.8 Å². The molecule has 0 fully saturated rings. The Hall–Kier alpha value is -3.40. The third kappa shape index (κ3) is 6.55. The van der Waals surface area contributed by atoms with E-state index in [0.717, 1.165) is 28.3 Å². The first kappa shape index (κ1) is 24.2. The molecule has 0 bridgehead atoms. The van der Waals surface area contributed by atoms with Crippen molar-refractivity contribution < 1.29 is 32.6 Å². The van der Waals surface area contributed by atoms with E-state index in [2.05, 4.69) is 10.1 Å². The molecular formula is C23H21F3N2O4S. The lowest BCUT2D eigenvalue weighted by molar-refractivity contribution is -0.139. The van der Waals surface area contributed by atoms with Gasteiger partial charge < -0.3 is 14.7 Å². The van der Waals surface area contributed by atoms with Crippen LogP contribution in [0.5, 0.6) is 5.75 Å². The highest BCUT2D eigenvalue weighted by Gasteiger charge is 2.30. The van der Waals surface area contributed by atoms with Crippen LogP contribution in [-0.4, -0.2) is 28.4 Å². The number of halogens is 3. The number of ether oxygens (including phenoxy) is 1. The zero-order chi connectivity index (χ0) is 24.0. The molecule has 0 aliphatic carbocycles. The fraction of sp³-hybridized carbons (Fsp3) is 0.261. The molecule has 0 unspecified atom stereocenters. The Morgan fingerprint density at radius 1 is 1.12 bits per heavy atom. The average Bonchev–Trinajstić information content (AvgIpc) is 3.16. The minimum absolute atomic E-state index is 0.174. The van der Waals surface area contributed by atoms with E-state index in [0.29, 0.717) is 28.5 Å². The molecule has 0 radical (unpaired) electrons. The lowest BCUT2D eigenvalue weighted by atomic mass is 10.1. The second-order valence-corrected chi connectivity index (χ2v) is 8.06. The first-order valence-electron chi connectivity index (χ1n) is 9.95. The van der Waals surface area contributed by atoms with Crippen molar-refractivity contribution in [1.82, 2.24) is 4.98 Å². The van der Waals surface area contributed by atoms with Gasteiger partial charge in [-0.15, -0.1) is 11.3 Å². The summed E-state index contributed by atoms with van der Waals surface area (Å²) in [7, 11) is 0. The lowest BCUT2D eigenvalue weighted by Gasteiger charge is -2.07. The third-order valence-electron chi connectivity index (χ3n) is 4.61. The van der Waals surface area contributed by atoms with Crippen LogP contribution in [0, 0.1) is 6.92 Å². The third-order valence-corrected chi connectivity index (χ3v) is 5.79. The van der Waals surface area contributed by atoms with Crippen LogP contribution in [0.25, 0.3) is 10.6 Å². The summed E-state index contributed by atoms with van der Waals surface area (Å²) in [6.07, 6.45) is -3.77. The van der Waals surface area contributed by atoms with Gasteiger partial charge in [0.15, 0.2) is 13.2 Å². The maximum Gasteiger partial charge on any atom is 0.416 e. The Balaban J connectivity index is 1.65. The molecule has 3 rings (SSSR count). The molecule has 3 aromatic rings. The molecule has 174 valence electrons. The monoisotopic (exact) mass is 478 g/mol. The molecule has 0 aliphatic rings. The predicted octanol–water partition coefficient (Wildman–Crippen LogP) is 5.93. The van der Waals surface area contributed by atoms with Crippen molar-refractivity contribution in [2.24, 2.45) is 5.16 Å². The van der Waals surface area contributed by atoms with Crippen LogP contribution >= 0.6 is 11.3 Å². The highest BCUT2D eigenvalue weighted by molar-refractivity contribution is 7.15. The van der Waals surface area contributed by atoms with Crippen LogP contribution in [0.1, 0.15) is 35.0 Å². The summed E-state index contributed by atoms with van der Waals surface area (Å²) in [5, 5.41) is 13.5. The highest BCUT2D eigenvalue weighted by atomic mass is 32.1. The van der Waals surface area contributed by atoms with Gasteiger partial charge in [-0.3, -0.25) is 0 Å². The number of oxime groups is 1. The van der Waals surface area contributed by atoms with Gasteiger partial charge in [-0.25, -0.2) is 9.78 Å². The minimum atomic E-state index is -4.38. The van der Waals surface area contributed by atoms with Crippen molar-refractivity contribution in [3.63, 3.8) is 0 Å². The molecule has 1 heterocycles. The molecule has 1 aromatic heterocycles. The first-order chi connectivity index (χ1) is 15.7. The van der Waals surface area contributed by atoms with E-state index in [9.17, 15) is 18.0 Å². The van der Waals surface area contributed by atoms with Crippen LogP contribution in [0.15, 0.2) is 53.7 Å². The summed E-state index contributed by atoms with van der Waals surface area (Å²) >= 11 is 1.34. The van der Waals surface area contributed by atoms with E-state index in [1.54, 1.807) is 24.3 Å². The Kier molecular flexibility index (Phi) is 7.70. The maximum atomic E-state index is 12.8. The summed E-state index contributed by atoms with van der Waals surface area (Å²) in [6, 6.07) is 11.7. The van der Waals surface area contributed by atoms with Crippen LogP contribution in [0.2, 0.25) is 0 Å². The van der Waals surface area contributed by atoms with Gasteiger partial charge >= 0.3 is 12.1 Å². The second-order valence-electron chi connectivity index (χ2n) is 6.97. The van der Waals surface area contributed by atoms with E-state index < -0.39 is 24.3 Å². The van der Waals surface area contributed by atoms with Gasteiger partial charge in [0.2, 0.25) is 0 Å². The summed E-state index contributed by atoms with van der Waals surface area (Å²) in [6.45, 7) is 3.49. The Bertz CT molecular complexity index is 1120. The van der Waals surface area contributed by atoms with Gasteiger partial charge in [-0.2, -0.15) is 13.2 Å². The van der Waals surface area contributed by atoms with E-state index in [-0.39, 0.29) is 6.61 Å². The number of rotatable bonds is 9. The predicted molar refractivity (Wildman–Crippen MR) is 118 cm³/mol. The fourth-order valence-electron chi connectivity index (χ4n) is 2.87. The molecule has 1 N–H and O–H groups in total. The topological polar surface area (TPSA) is 81.0 Å². The molecule has 0 atom stereocenters. The van der Waals surface area contributed by atoms with Crippen LogP contribution < -0.4 is 4.74 Å². The SMILES string of the molecule is CC/C(=N\OCc1sc(-c2ccc(C(F)(F)F)cc2)nc1C)c1ccc(OCC(=O)O)cc1. The fourth-order valence-corrected chi connectivity index (χ4v) is 3.84. The van der Waals surface area contributed by atoms with Gasteiger partial charge in [0, 0.05) is 5.56 Å². The number of carboxylic acid groups (broad SMARTS) is 1. The molecule has 0 aliphatic heterocycles. The highest BCUT2D eigenvalue weighted by Crippen LogP contribution is 2.33. The molecule has 6 nitrogen and oxygen atoms in total. The maximum absolute atomic E-state index is 12.8. The molecule has 0 saturated heterocycles. The molecule has 2 aromatic carbocycles. The average molecular weight is 478 g/mol. The normalized spacial score (nSPS) is 12.0. The zero-order valence-electron chi connectivity index (χ0n) is 17.8. The van der Waals surface area contributed by atoms with Crippen molar-refractivity contribution in [2.75, 3.05) is 6.61 Å². The number of carboxylic acids is 1. The number of aryl methyl sites for hydroxylation is 1. The number of thiazole rings is 1. The smallest absolute Gasteiger partial charge is 0.416 e. The number of nitrogens with zero attached hydrogens (tertiary/aromatic N) is 2. The molecule has 0 amide bonds. The number of aliphatic carboxylic acids is 1. The van der Waals surface area contributed by atoms with E-state index in [1.807, 2.05) is 13.8 Å². The number of carbonyl (C=O) groups is 1. The van der Waals surface area contributed by atoms with Crippen molar-refractivity contribution in [1.29, 1.82) is 0 Å². The molecule has 0 saturated carbocycles. The largest absolute Gasteiger partial charge is 0.482 e. The zero-order valence-corrected chi connectivity index (χ0v) is 18.7. The number of hydrogen-bond donors (Lipinski definition) is 1. The van der Waals surface area contributed by atoms with Crippen molar-refractivity contribution in [3.05, 3.63) is 70.2 Å². The van der Waals surface area contributed by atoms with E-state index in [1.165, 1.54) is 23.5 Å². The van der Waals surface area contributed by atoms with Gasteiger partial charge in [0.05, 0.1) is 21.8 Å². The van der Waals surface area contributed by atoms with E-state index >= 15 is 0 Å². The number of aromatic nitrogens is 1. The Labute approximate surface area is 192 Å². The van der Waals surface area contributed by atoms with Crippen LogP contribution in [0.4, 0.5) is 13.2 Å². The molecular weight excluding hydrogens is 457 g/mol. The van der Waals surface area contributed by atoms with Crippen molar-refractivity contribution >= 4 is 23.0 Å². The summed E-state index contributed by atoms with van der Waals surface area (Å²) in [4.78, 5) is 21.4. The summed E-state index contributed by atoms with van der Waals surface area (Å²) < 4.78 is 43.4.